The number of aliphatic hydroxyl groups excluding tert-OH is 1. The Morgan fingerprint density at radius 1 is 1.29 bits per heavy atom. The molecule has 0 aromatic heterocycles. The summed E-state index contributed by atoms with van der Waals surface area (Å²) in [4.78, 5) is 14.4. The van der Waals surface area contributed by atoms with Gasteiger partial charge in [0.2, 0.25) is 5.91 Å². The minimum absolute atomic E-state index is 0.0584. The number of amides is 1. The predicted molar refractivity (Wildman–Crippen MR) is 64.6 cm³/mol. The van der Waals surface area contributed by atoms with Gasteiger partial charge in [0.25, 0.3) is 0 Å². The van der Waals surface area contributed by atoms with Gasteiger partial charge in [-0.2, -0.15) is 0 Å². The van der Waals surface area contributed by atoms with Gasteiger partial charge in [-0.3, -0.25) is 4.79 Å². The minimum atomic E-state index is 0.0584. The number of hydrogen-bond acceptors (Lipinski definition) is 3. The van der Waals surface area contributed by atoms with Crippen molar-refractivity contribution in [3.05, 3.63) is 0 Å². The normalized spacial score (nSPS) is 30.3. The van der Waals surface area contributed by atoms with Crippen LogP contribution in [0.3, 0.4) is 0 Å². The summed E-state index contributed by atoms with van der Waals surface area (Å²) in [6, 6.07) is 0.253. The molecule has 0 aliphatic carbocycles. The third kappa shape index (κ3) is 3.19. The van der Waals surface area contributed by atoms with E-state index in [1.165, 1.54) is 6.42 Å². The van der Waals surface area contributed by atoms with Gasteiger partial charge in [0.1, 0.15) is 0 Å². The zero-order valence-corrected chi connectivity index (χ0v) is 10.4. The van der Waals surface area contributed by atoms with Crippen LogP contribution in [0.1, 0.15) is 38.5 Å². The first-order valence-electron chi connectivity index (χ1n) is 6.82. The van der Waals surface area contributed by atoms with E-state index < -0.39 is 0 Å². The van der Waals surface area contributed by atoms with Crippen LogP contribution in [-0.2, 0) is 9.53 Å². The first kappa shape index (κ1) is 12.8. The lowest BCUT2D eigenvalue weighted by Gasteiger charge is -2.38. The molecule has 98 valence electrons. The average Bonchev–Trinajstić information content (AvgIpc) is 2.40. The predicted octanol–water partition coefficient (Wildman–Crippen LogP) is 1.18. The highest BCUT2D eigenvalue weighted by atomic mass is 16.5. The Hall–Kier alpha value is -0.610. The molecule has 2 heterocycles. The molecule has 1 N–H and O–H groups in total. The zero-order valence-electron chi connectivity index (χ0n) is 10.4. The number of carbonyl (C=O) groups is 1. The van der Waals surface area contributed by atoms with E-state index >= 15 is 0 Å². The third-order valence-electron chi connectivity index (χ3n) is 3.88. The van der Waals surface area contributed by atoms with Gasteiger partial charge in [-0.05, 0) is 38.5 Å². The summed E-state index contributed by atoms with van der Waals surface area (Å²) >= 11 is 0. The standard InChI is InChI=1S/C13H23NO3/c15-8-6-12-5-1-2-7-14(12)13(16)11-4-3-9-17-10-11/h11-12,15H,1-10H2. The molecular weight excluding hydrogens is 218 g/mol. The first-order valence-corrected chi connectivity index (χ1v) is 6.82. The lowest BCUT2D eigenvalue weighted by atomic mass is 9.94. The number of nitrogens with zero attached hydrogens (tertiary/aromatic N) is 1. The molecule has 2 rings (SSSR count). The maximum Gasteiger partial charge on any atom is 0.228 e. The summed E-state index contributed by atoms with van der Waals surface area (Å²) in [5.74, 6) is 0.311. The quantitative estimate of drug-likeness (QED) is 0.807. The van der Waals surface area contributed by atoms with E-state index in [2.05, 4.69) is 0 Å². The van der Waals surface area contributed by atoms with Crippen LogP contribution in [-0.4, -0.2) is 48.3 Å². The van der Waals surface area contributed by atoms with Crippen LogP contribution in [0.25, 0.3) is 0 Å². The van der Waals surface area contributed by atoms with Crippen molar-refractivity contribution in [2.45, 2.75) is 44.6 Å². The highest BCUT2D eigenvalue weighted by Gasteiger charge is 2.32. The molecule has 4 nitrogen and oxygen atoms in total. The molecule has 0 aromatic rings. The average molecular weight is 241 g/mol. The van der Waals surface area contributed by atoms with E-state index in [-0.39, 0.29) is 24.5 Å². The third-order valence-corrected chi connectivity index (χ3v) is 3.88. The molecule has 0 radical (unpaired) electrons. The molecule has 2 aliphatic heterocycles. The Balaban J connectivity index is 1.94. The highest BCUT2D eigenvalue weighted by molar-refractivity contribution is 5.79. The Kier molecular flexibility index (Phi) is 4.80. The Morgan fingerprint density at radius 2 is 2.18 bits per heavy atom. The Bertz CT molecular complexity index is 249. The van der Waals surface area contributed by atoms with Crippen LogP contribution >= 0.6 is 0 Å². The molecule has 1 amide bonds. The van der Waals surface area contributed by atoms with E-state index in [4.69, 9.17) is 9.84 Å². The molecule has 17 heavy (non-hydrogen) atoms. The second-order valence-electron chi connectivity index (χ2n) is 5.11. The van der Waals surface area contributed by atoms with Crippen molar-refractivity contribution in [3.8, 4) is 0 Å². The molecule has 0 bridgehead atoms. The zero-order chi connectivity index (χ0) is 12.1. The molecule has 2 atom stereocenters. The van der Waals surface area contributed by atoms with Gasteiger partial charge in [0, 0.05) is 25.8 Å². The van der Waals surface area contributed by atoms with Crippen molar-refractivity contribution in [2.75, 3.05) is 26.4 Å². The summed E-state index contributed by atoms with van der Waals surface area (Å²) in [6.45, 7) is 2.42. The van der Waals surface area contributed by atoms with Crippen molar-refractivity contribution < 1.29 is 14.6 Å². The minimum Gasteiger partial charge on any atom is -0.396 e. The van der Waals surface area contributed by atoms with Crippen LogP contribution in [0.4, 0.5) is 0 Å². The number of aliphatic hydroxyl groups is 1. The lowest BCUT2D eigenvalue weighted by Crippen LogP contribution is -2.48. The van der Waals surface area contributed by atoms with Crippen molar-refractivity contribution >= 4 is 5.91 Å². The van der Waals surface area contributed by atoms with E-state index in [0.717, 1.165) is 45.3 Å². The Labute approximate surface area is 103 Å². The largest absolute Gasteiger partial charge is 0.396 e. The molecule has 2 unspecified atom stereocenters. The van der Waals surface area contributed by atoms with Crippen molar-refractivity contribution in [1.82, 2.24) is 4.90 Å². The van der Waals surface area contributed by atoms with Crippen LogP contribution in [0.5, 0.6) is 0 Å². The maximum absolute atomic E-state index is 12.4. The Morgan fingerprint density at radius 3 is 2.88 bits per heavy atom. The van der Waals surface area contributed by atoms with Crippen LogP contribution in [0.15, 0.2) is 0 Å². The number of piperidine rings is 1. The monoisotopic (exact) mass is 241 g/mol. The molecule has 2 saturated heterocycles. The number of hydrogen-bond donors (Lipinski definition) is 1. The SMILES string of the molecule is O=C(C1CCCOC1)N1CCCCC1CCO. The second kappa shape index (κ2) is 6.36. The molecule has 0 spiro atoms. The van der Waals surface area contributed by atoms with Crippen LogP contribution in [0.2, 0.25) is 0 Å². The van der Waals surface area contributed by atoms with Crippen LogP contribution in [0, 0.1) is 5.92 Å². The smallest absolute Gasteiger partial charge is 0.228 e. The van der Waals surface area contributed by atoms with Gasteiger partial charge in [-0.25, -0.2) is 0 Å². The van der Waals surface area contributed by atoms with Crippen molar-refractivity contribution in [2.24, 2.45) is 5.92 Å². The second-order valence-corrected chi connectivity index (χ2v) is 5.11. The van der Waals surface area contributed by atoms with E-state index in [0.29, 0.717) is 6.61 Å². The number of rotatable bonds is 3. The highest BCUT2D eigenvalue weighted by Crippen LogP contribution is 2.24. The van der Waals surface area contributed by atoms with Gasteiger partial charge in [-0.15, -0.1) is 0 Å². The summed E-state index contributed by atoms with van der Waals surface area (Å²) in [6.07, 6.45) is 5.99. The molecule has 2 fully saturated rings. The van der Waals surface area contributed by atoms with E-state index in [9.17, 15) is 4.79 Å². The van der Waals surface area contributed by atoms with Gasteiger partial charge < -0.3 is 14.7 Å². The van der Waals surface area contributed by atoms with Gasteiger partial charge >= 0.3 is 0 Å². The number of carbonyl (C=O) groups excluding carboxylic acids is 1. The summed E-state index contributed by atoms with van der Waals surface area (Å²) in [7, 11) is 0. The molecule has 0 aromatic carbocycles. The molecule has 4 heteroatoms. The van der Waals surface area contributed by atoms with Gasteiger partial charge in [-0.1, -0.05) is 0 Å². The fraction of sp³-hybridized carbons (Fsp3) is 0.923. The number of ether oxygens (including phenoxy) is 1. The lowest BCUT2D eigenvalue weighted by molar-refractivity contribution is -0.143. The summed E-state index contributed by atoms with van der Waals surface area (Å²) < 4.78 is 5.39. The fourth-order valence-electron chi connectivity index (χ4n) is 2.91. The fourth-order valence-corrected chi connectivity index (χ4v) is 2.91. The van der Waals surface area contributed by atoms with E-state index in [1.807, 2.05) is 4.90 Å². The first-order chi connectivity index (χ1) is 8.33. The summed E-state index contributed by atoms with van der Waals surface area (Å²) in [5.41, 5.74) is 0. The van der Waals surface area contributed by atoms with Crippen molar-refractivity contribution in [3.63, 3.8) is 0 Å². The topological polar surface area (TPSA) is 49.8 Å². The molecule has 0 saturated carbocycles. The van der Waals surface area contributed by atoms with E-state index in [1.54, 1.807) is 0 Å². The molecular formula is C13H23NO3. The van der Waals surface area contributed by atoms with Crippen molar-refractivity contribution in [1.29, 1.82) is 0 Å². The maximum atomic E-state index is 12.4. The van der Waals surface area contributed by atoms with Gasteiger partial charge in [0.15, 0.2) is 0 Å². The number of likely N-dealkylation sites (tertiary alicyclic amines) is 1. The van der Waals surface area contributed by atoms with Crippen LogP contribution < -0.4 is 0 Å². The molecule has 2 aliphatic rings. The summed E-state index contributed by atoms with van der Waals surface area (Å²) in [5, 5.41) is 9.07. The van der Waals surface area contributed by atoms with Gasteiger partial charge in [0.05, 0.1) is 12.5 Å².